The molecule has 0 unspecified atom stereocenters. The van der Waals surface area contributed by atoms with Crippen LogP contribution in [0.2, 0.25) is 0 Å². The minimum Gasteiger partial charge on any atom is -0.455 e. The SMILES string of the molecule is Cc1c2c(c(C)c3cc(CC(C)C)ccc13)-c1c3c(cccc3cc[n+]1C)O2. The Morgan fingerprint density at radius 2 is 1.79 bits per heavy atom. The van der Waals surface area contributed by atoms with Crippen molar-refractivity contribution in [2.75, 3.05) is 0 Å². The molecular formula is C26H26NO+. The van der Waals surface area contributed by atoms with Gasteiger partial charge in [0, 0.05) is 11.6 Å². The molecule has 2 heterocycles. The lowest BCUT2D eigenvalue weighted by molar-refractivity contribution is -0.659. The molecule has 1 aliphatic heterocycles. The van der Waals surface area contributed by atoms with E-state index in [2.05, 4.69) is 88.0 Å². The molecule has 28 heavy (non-hydrogen) atoms. The van der Waals surface area contributed by atoms with E-state index in [-0.39, 0.29) is 0 Å². The fraction of sp³-hybridized carbons (Fsp3) is 0.269. The molecule has 4 aromatic rings. The summed E-state index contributed by atoms with van der Waals surface area (Å²) in [6.07, 6.45) is 3.26. The second-order valence-electron chi connectivity index (χ2n) is 8.53. The Labute approximate surface area is 166 Å². The molecule has 0 spiro atoms. The highest BCUT2D eigenvalue weighted by Gasteiger charge is 2.31. The van der Waals surface area contributed by atoms with Gasteiger partial charge in [0.15, 0.2) is 6.20 Å². The molecule has 1 aromatic heterocycles. The van der Waals surface area contributed by atoms with Crippen LogP contribution in [0.25, 0.3) is 32.8 Å². The van der Waals surface area contributed by atoms with Gasteiger partial charge in [0.25, 0.3) is 0 Å². The van der Waals surface area contributed by atoms with Gasteiger partial charge >= 0.3 is 0 Å². The smallest absolute Gasteiger partial charge is 0.228 e. The number of rotatable bonds is 2. The Bertz CT molecular complexity index is 1270. The molecule has 2 nitrogen and oxygen atoms in total. The Balaban J connectivity index is 1.90. The van der Waals surface area contributed by atoms with Crippen LogP contribution in [0.1, 0.15) is 30.5 Å². The van der Waals surface area contributed by atoms with Crippen molar-refractivity contribution in [2.24, 2.45) is 13.0 Å². The Hall–Kier alpha value is -2.87. The summed E-state index contributed by atoms with van der Waals surface area (Å²) in [5, 5.41) is 5.06. The van der Waals surface area contributed by atoms with Crippen LogP contribution in [0.5, 0.6) is 11.5 Å². The van der Waals surface area contributed by atoms with Gasteiger partial charge in [-0.15, -0.1) is 0 Å². The zero-order chi connectivity index (χ0) is 19.6. The van der Waals surface area contributed by atoms with Crippen LogP contribution in [0.15, 0.2) is 48.7 Å². The maximum absolute atomic E-state index is 6.51. The molecule has 0 bridgehead atoms. The summed E-state index contributed by atoms with van der Waals surface area (Å²) in [5.74, 6) is 2.61. The second kappa shape index (κ2) is 6.07. The average molecular weight is 369 g/mol. The van der Waals surface area contributed by atoms with Gasteiger partial charge < -0.3 is 4.74 Å². The second-order valence-corrected chi connectivity index (χ2v) is 8.53. The van der Waals surface area contributed by atoms with Crippen molar-refractivity contribution in [3.63, 3.8) is 0 Å². The topological polar surface area (TPSA) is 13.1 Å². The number of benzene rings is 3. The predicted molar refractivity (Wildman–Crippen MR) is 116 cm³/mol. The summed E-state index contributed by atoms with van der Waals surface area (Å²) >= 11 is 0. The van der Waals surface area contributed by atoms with Gasteiger partial charge in [-0.05, 0) is 59.5 Å². The first kappa shape index (κ1) is 17.2. The van der Waals surface area contributed by atoms with Gasteiger partial charge in [0.1, 0.15) is 18.5 Å². The molecule has 0 atom stereocenters. The molecule has 0 saturated heterocycles. The Morgan fingerprint density at radius 3 is 2.57 bits per heavy atom. The van der Waals surface area contributed by atoms with Gasteiger partial charge in [0.05, 0.1) is 10.9 Å². The lowest BCUT2D eigenvalue weighted by Gasteiger charge is -2.24. The Morgan fingerprint density at radius 1 is 0.964 bits per heavy atom. The molecule has 0 N–H and O–H groups in total. The van der Waals surface area contributed by atoms with Crippen molar-refractivity contribution < 1.29 is 9.30 Å². The zero-order valence-corrected chi connectivity index (χ0v) is 17.3. The minimum atomic E-state index is 0.651. The zero-order valence-electron chi connectivity index (χ0n) is 17.3. The fourth-order valence-electron chi connectivity index (χ4n) is 4.73. The van der Waals surface area contributed by atoms with Crippen LogP contribution in [0, 0.1) is 19.8 Å². The molecule has 0 aliphatic carbocycles. The number of ether oxygens (including phenoxy) is 1. The van der Waals surface area contributed by atoms with Gasteiger partial charge in [-0.3, -0.25) is 0 Å². The Kier molecular flexibility index (Phi) is 3.74. The summed E-state index contributed by atoms with van der Waals surface area (Å²) in [7, 11) is 2.13. The molecule has 0 radical (unpaired) electrons. The first-order chi connectivity index (χ1) is 13.5. The van der Waals surface area contributed by atoms with E-state index in [4.69, 9.17) is 4.74 Å². The minimum absolute atomic E-state index is 0.651. The average Bonchev–Trinajstić information content (AvgIpc) is 2.67. The van der Waals surface area contributed by atoms with Crippen LogP contribution in [0.4, 0.5) is 0 Å². The number of pyridine rings is 1. The van der Waals surface area contributed by atoms with Crippen LogP contribution in [0.3, 0.4) is 0 Å². The monoisotopic (exact) mass is 368 g/mol. The third kappa shape index (κ3) is 2.37. The van der Waals surface area contributed by atoms with E-state index in [0.29, 0.717) is 5.92 Å². The molecule has 0 fully saturated rings. The van der Waals surface area contributed by atoms with Crippen LogP contribution in [-0.2, 0) is 13.5 Å². The lowest BCUT2D eigenvalue weighted by Crippen LogP contribution is -2.31. The van der Waals surface area contributed by atoms with Crippen LogP contribution >= 0.6 is 0 Å². The first-order valence-electron chi connectivity index (χ1n) is 10.1. The number of aromatic nitrogens is 1. The number of aryl methyl sites for hydroxylation is 3. The van der Waals surface area contributed by atoms with E-state index in [1.165, 1.54) is 49.5 Å². The van der Waals surface area contributed by atoms with Crippen molar-refractivity contribution in [3.8, 4) is 22.8 Å². The van der Waals surface area contributed by atoms with E-state index in [1.54, 1.807) is 0 Å². The molecule has 140 valence electrons. The van der Waals surface area contributed by atoms with E-state index >= 15 is 0 Å². The van der Waals surface area contributed by atoms with Gasteiger partial charge in [0.2, 0.25) is 5.69 Å². The number of nitrogens with zero attached hydrogens (tertiary/aromatic N) is 1. The fourth-order valence-corrected chi connectivity index (χ4v) is 4.73. The molecule has 0 saturated carbocycles. The van der Waals surface area contributed by atoms with Crippen molar-refractivity contribution in [2.45, 2.75) is 34.1 Å². The molecule has 3 aromatic carbocycles. The van der Waals surface area contributed by atoms with Crippen molar-refractivity contribution >= 4 is 21.5 Å². The third-order valence-corrected chi connectivity index (χ3v) is 6.05. The molecule has 5 rings (SSSR count). The van der Waals surface area contributed by atoms with Gasteiger partial charge in [-0.25, -0.2) is 4.57 Å². The molecule has 0 amide bonds. The number of hydrogen-bond acceptors (Lipinski definition) is 1. The maximum atomic E-state index is 6.51. The van der Waals surface area contributed by atoms with Gasteiger partial charge in [-0.1, -0.05) is 44.2 Å². The van der Waals surface area contributed by atoms with E-state index in [1.807, 2.05) is 0 Å². The highest BCUT2D eigenvalue weighted by atomic mass is 16.5. The highest BCUT2D eigenvalue weighted by molar-refractivity contribution is 6.06. The summed E-state index contributed by atoms with van der Waals surface area (Å²) < 4.78 is 8.75. The number of hydrogen-bond donors (Lipinski definition) is 0. The predicted octanol–water partition coefficient (Wildman–Crippen LogP) is 6.41. The largest absolute Gasteiger partial charge is 0.455 e. The lowest BCUT2D eigenvalue weighted by atomic mass is 9.88. The summed E-state index contributed by atoms with van der Waals surface area (Å²) in [6, 6.07) is 15.4. The quantitative estimate of drug-likeness (QED) is 0.328. The van der Waals surface area contributed by atoms with E-state index in [0.717, 1.165) is 17.9 Å². The molecule has 2 heteroatoms. The summed E-state index contributed by atoms with van der Waals surface area (Å²) in [4.78, 5) is 0. The van der Waals surface area contributed by atoms with E-state index < -0.39 is 0 Å². The third-order valence-electron chi connectivity index (χ3n) is 6.05. The number of fused-ring (bicyclic) bond motifs is 3. The van der Waals surface area contributed by atoms with Gasteiger partial charge in [-0.2, -0.15) is 0 Å². The van der Waals surface area contributed by atoms with Crippen molar-refractivity contribution in [3.05, 3.63) is 65.4 Å². The van der Waals surface area contributed by atoms with Crippen molar-refractivity contribution in [1.82, 2.24) is 0 Å². The van der Waals surface area contributed by atoms with Crippen molar-refractivity contribution in [1.29, 1.82) is 0 Å². The van der Waals surface area contributed by atoms with Crippen LogP contribution in [-0.4, -0.2) is 0 Å². The maximum Gasteiger partial charge on any atom is 0.228 e. The van der Waals surface area contributed by atoms with E-state index in [9.17, 15) is 0 Å². The molecule has 1 aliphatic rings. The first-order valence-corrected chi connectivity index (χ1v) is 10.1. The summed E-state index contributed by atoms with van der Waals surface area (Å²) in [6.45, 7) is 8.99. The normalized spacial score (nSPS) is 12.5. The highest BCUT2D eigenvalue weighted by Crippen LogP contribution is 2.50. The van der Waals surface area contributed by atoms with Crippen LogP contribution < -0.4 is 9.30 Å². The molecular weight excluding hydrogens is 342 g/mol. The standard InChI is InChI=1S/C26H26NO/c1-15(2)13-18-9-10-20-17(4)26-23(16(3)21(20)14-18)25-24-19(11-12-27(25)5)7-6-8-22(24)28-26/h6-12,14-15H,13H2,1-5H3/q+1. The summed E-state index contributed by atoms with van der Waals surface area (Å²) in [5.41, 5.74) is 6.42.